The minimum atomic E-state index is -0.378. The number of halogens is 1. The number of hydrogen-bond donors (Lipinski definition) is 0. The summed E-state index contributed by atoms with van der Waals surface area (Å²) in [5.74, 6) is -0.531. The van der Waals surface area contributed by atoms with Crippen molar-refractivity contribution in [1.29, 1.82) is 0 Å². The van der Waals surface area contributed by atoms with E-state index in [4.69, 9.17) is 0 Å². The van der Waals surface area contributed by atoms with Crippen LogP contribution in [-0.4, -0.2) is 52.8 Å². The second kappa shape index (κ2) is 7.42. The molecule has 130 valence electrons. The molecule has 0 unspecified atom stereocenters. The van der Waals surface area contributed by atoms with Gasteiger partial charge in [-0.2, -0.15) is 0 Å². The Bertz CT molecular complexity index is 771. The number of nitrogens with zero attached hydrogens (tertiary/aromatic N) is 3. The van der Waals surface area contributed by atoms with E-state index >= 15 is 0 Å². The number of carbonyl (C=O) groups excluding carboxylic acids is 2. The summed E-state index contributed by atoms with van der Waals surface area (Å²) in [5.41, 5.74) is 1.79. The van der Waals surface area contributed by atoms with Crippen molar-refractivity contribution in [3.8, 4) is 0 Å². The first-order valence-electron chi connectivity index (χ1n) is 8.26. The molecule has 1 saturated heterocycles. The molecule has 0 N–H and O–H groups in total. The van der Waals surface area contributed by atoms with Crippen LogP contribution in [0, 0.1) is 12.7 Å². The van der Waals surface area contributed by atoms with Gasteiger partial charge in [0.1, 0.15) is 5.82 Å². The number of rotatable bonds is 3. The molecule has 0 spiro atoms. The van der Waals surface area contributed by atoms with Crippen molar-refractivity contribution in [2.75, 3.05) is 26.2 Å². The van der Waals surface area contributed by atoms with E-state index in [1.807, 2.05) is 12.1 Å². The zero-order valence-electron chi connectivity index (χ0n) is 14.1. The van der Waals surface area contributed by atoms with Crippen molar-refractivity contribution in [2.24, 2.45) is 0 Å². The molecule has 1 fully saturated rings. The topological polar surface area (TPSA) is 53.5 Å². The van der Waals surface area contributed by atoms with Crippen LogP contribution in [-0.2, 0) is 11.2 Å². The smallest absolute Gasteiger partial charge is 0.254 e. The molecule has 6 heteroatoms. The van der Waals surface area contributed by atoms with Crippen LogP contribution in [0.1, 0.15) is 21.5 Å². The highest BCUT2D eigenvalue weighted by molar-refractivity contribution is 5.94. The fraction of sp³-hybridized carbons (Fsp3) is 0.316. The highest BCUT2D eigenvalue weighted by atomic mass is 19.1. The number of carbonyl (C=O) groups is 2. The van der Waals surface area contributed by atoms with Gasteiger partial charge in [0.2, 0.25) is 5.91 Å². The largest absolute Gasteiger partial charge is 0.339 e. The SMILES string of the molecule is Cc1ccc(C(=O)N2CCN(C(=O)Cc3ccncc3)CC2)cc1F. The van der Waals surface area contributed by atoms with Gasteiger partial charge in [-0.1, -0.05) is 6.07 Å². The standard InChI is InChI=1S/C19H20FN3O2/c1-14-2-3-16(13-17(14)20)19(25)23-10-8-22(9-11-23)18(24)12-15-4-6-21-7-5-15/h2-7,13H,8-12H2,1H3. The summed E-state index contributed by atoms with van der Waals surface area (Å²) < 4.78 is 13.7. The maximum atomic E-state index is 13.7. The maximum Gasteiger partial charge on any atom is 0.254 e. The van der Waals surface area contributed by atoms with Gasteiger partial charge in [0, 0.05) is 44.1 Å². The molecule has 0 aliphatic carbocycles. The summed E-state index contributed by atoms with van der Waals surface area (Å²) in [5, 5.41) is 0. The molecule has 1 aromatic heterocycles. The van der Waals surface area contributed by atoms with E-state index in [1.165, 1.54) is 6.07 Å². The molecular weight excluding hydrogens is 321 g/mol. The van der Waals surface area contributed by atoms with Crippen molar-refractivity contribution in [2.45, 2.75) is 13.3 Å². The molecule has 0 bridgehead atoms. The Labute approximate surface area is 146 Å². The van der Waals surface area contributed by atoms with Gasteiger partial charge < -0.3 is 9.80 Å². The van der Waals surface area contributed by atoms with Crippen LogP contribution in [0.4, 0.5) is 4.39 Å². The number of amides is 2. The Morgan fingerprint density at radius 3 is 2.32 bits per heavy atom. The summed E-state index contributed by atoms with van der Waals surface area (Å²) in [6.07, 6.45) is 3.67. The molecule has 2 heterocycles. The van der Waals surface area contributed by atoms with Crippen LogP contribution < -0.4 is 0 Å². The minimum absolute atomic E-state index is 0.0414. The first kappa shape index (κ1) is 17.1. The molecule has 2 aromatic rings. The van der Waals surface area contributed by atoms with E-state index in [2.05, 4.69) is 4.98 Å². The quantitative estimate of drug-likeness (QED) is 0.859. The summed E-state index contributed by atoms with van der Waals surface area (Å²) in [7, 11) is 0. The zero-order valence-corrected chi connectivity index (χ0v) is 14.1. The molecule has 1 aliphatic rings. The average Bonchev–Trinajstić information content (AvgIpc) is 2.64. The third-order valence-electron chi connectivity index (χ3n) is 4.44. The Kier molecular flexibility index (Phi) is 5.07. The van der Waals surface area contributed by atoms with Gasteiger partial charge in [-0.15, -0.1) is 0 Å². The van der Waals surface area contributed by atoms with Gasteiger partial charge in [0.15, 0.2) is 0 Å². The van der Waals surface area contributed by atoms with E-state index in [1.54, 1.807) is 41.2 Å². The molecule has 1 aliphatic heterocycles. The van der Waals surface area contributed by atoms with Crippen molar-refractivity contribution < 1.29 is 14.0 Å². The summed E-state index contributed by atoms with van der Waals surface area (Å²) in [6.45, 7) is 3.55. The van der Waals surface area contributed by atoms with Crippen LogP contribution >= 0.6 is 0 Å². The highest BCUT2D eigenvalue weighted by Crippen LogP contribution is 2.14. The third kappa shape index (κ3) is 4.02. The van der Waals surface area contributed by atoms with Gasteiger partial charge in [-0.05, 0) is 42.3 Å². The summed E-state index contributed by atoms with van der Waals surface area (Å²) in [4.78, 5) is 32.2. The van der Waals surface area contributed by atoms with Crippen LogP contribution in [0.3, 0.4) is 0 Å². The summed E-state index contributed by atoms with van der Waals surface area (Å²) >= 11 is 0. The Morgan fingerprint density at radius 1 is 1.04 bits per heavy atom. The Hall–Kier alpha value is -2.76. The van der Waals surface area contributed by atoms with Crippen LogP contribution in [0.5, 0.6) is 0 Å². The molecule has 0 saturated carbocycles. The number of aromatic nitrogens is 1. The van der Waals surface area contributed by atoms with E-state index in [0.717, 1.165) is 5.56 Å². The van der Waals surface area contributed by atoms with E-state index in [-0.39, 0.29) is 17.6 Å². The van der Waals surface area contributed by atoms with Crippen molar-refractivity contribution in [3.63, 3.8) is 0 Å². The van der Waals surface area contributed by atoms with E-state index in [9.17, 15) is 14.0 Å². The number of benzene rings is 1. The fourth-order valence-corrected chi connectivity index (χ4v) is 2.85. The van der Waals surface area contributed by atoms with Crippen molar-refractivity contribution in [3.05, 3.63) is 65.2 Å². The molecule has 2 amide bonds. The summed E-state index contributed by atoms with van der Waals surface area (Å²) in [6, 6.07) is 8.17. The molecule has 3 rings (SSSR count). The second-order valence-corrected chi connectivity index (χ2v) is 6.17. The zero-order chi connectivity index (χ0) is 17.8. The molecule has 25 heavy (non-hydrogen) atoms. The lowest BCUT2D eigenvalue weighted by Gasteiger charge is -2.35. The van der Waals surface area contributed by atoms with E-state index in [0.29, 0.717) is 43.7 Å². The van der Waals surface area contributed by atoms with Gasteiger partial charge >= 0.3 is 0 Å². The molecule has 0 radical (unpaired) electrons. The lowest BCUT2D eigenvalue weighted by atomic mass is 10.1. The van der Waals surface area contributed by atoms with Gasteiger partial charge in [-0.3, -0.25) is 14.6 Å². The number of pyridine rings is 1. The number of piperazine rings is 1. The van der Waals surface area contributed by atoms with Crippen LogP contribution in [0.15, 0.2) is 42.7 Å². The first-order valence-corrected chi connectivity index (χ1v) is 8.26. The maximum absolute atomic E-state index is 13.7. The second-order valence-electron chi connectivity index (χ2n) is 6.17. The molecular formula is C19H20FN3O2. The number of hydrogen-bond acceptors (Lipinski definition) is 3. The van der Waals surface area contributed by atoms with Crippen LogP contribution in [0.25, 0.3) is 0 Å². The van der Waals surface area contributed by atoms with E-state index < -0.39 is 0 Å². The minimum Gasteiger partial charge on any atom is -0.339 e. The first-order chi connectivity index (χ1) is 12.0. The highest BCUT2D eigenvalue weighted by Gasteiger charge is 2.25. The van der Waals surface area contributed by atoms with Gasteiger partial charge in [0.25, 0.3) is 5.91 Å². The fourth-order valence-electron chi connectivity index (χ4n) is 2.85. The third-order valence-corrected chi connectivity index (χ3v) is 4.44. The van der Waals surface area contributed by atoms with Crippen molar-refractivity contribution in [1.82, 2.24) is 14.8 Å². The predicted octanol–water partition coefficient (Wildman–Crippen LogP) is 2.06. The number of aryl methyl sites for hydroxylation is 1. The Balaban J connectivity index is 1.57. The predicted molar refractivity (Wildman–Crippen MR) is 91.6 cm³/mol. The van der Waals surface area contributed by atoms with Gasteiger partial charge in [0.05, 0.1) is 6.42 Å². The lowest BCUT2D eigenvalue weighted by molar-refractivity contribution is -0.131. The van der Waals surface area contributed by atoms with Crippen LogP contribution in [0.2, 0.25) is 0 Å². The molecule has 1 aromatic carbocycles. The monoisotopic (exact) mass is 341 g/mol. The Morgan fingerprint density at radius 2 is 1.68 bits per heavy atom. The lowest BCUT2D eigenvalue weighted by Crippen LogP contribution is -2.51. The molecule has 5 nitrogen and oxygen atoms in total. The average molecular weight is 341 g/mol. The normalized spacial score (nSPS) is 14.5. The van der Waals surface area contributed by atoms with Crippen molar-refractivity contribution >= 4 is 11.8 Å². The molecule has 0 atom stereocenters. The van der Waals surface area contributed by atoms with Gasteiger partial charge in [-0.25, -0.2) is 4.39 Å².